The number of halogens is 3. The van der Waals surface area contributed by atoms with Gasteiger partial charge in [0.15, 0.2) is 0 Å². The predicted molar refractivity (Wildman–Crippen MR) is 83.9 cm³/mol. The number of nitrogens with two attached hydrogens (primary N) is 1. The van der Waals surface area contributed by atoms with Gasteiger partial charge in [-0.15, -0.1) is 0 Å². The van der Waals surface area contributed by atoms with Crippen molar-refractivity contribution in [3.8, 4) is 0 Å². The molecule has 0 saturated heterocycles. The molecule has 0 heterocycles. The molecule has 2 aromatic rings. The molecular weight excluding hydrogens is 377 g/mol. The van der Waals surface area contributed by atoms with Gasteiger partial charge in [0, 0.05) is 15.0 Å². The molecule has 0 aliphatic heterocycles. The van der Waals surface area contributed by atoms with E-state index in [1.807, 2.05) is 30.3 Å². The van der Waals surface area contributed by atoms with E-state index in [-0.39, 0.29) is 6.04 Å². The standard InChI is InChI=1S/C14H12Br2ClN/c15-11-3-1-2-9(6-11)7-14(18)10-4-5-13(17)12(16)8-10/h1-6,8,14H,7,18H2. The maximum atomic E-state index is 6.22. The molecule has 94 valence electrons. The Morgan fingerprint density at radius 2 is 1.89 bits per heavy atom. The maximum absolute atomic E-state index is 6.22. The lowest BCUT2D eigenvalue weighted by molar-refractivity contribution is 0.721. The molecule has 4 heteroatoms. The second-order valence-electron chi connectivity index (χ2n) is 4.11. The van der Waals surface area contributed by atoms with Crippen molar-refractivity contribution >= 4 is 43.5 Å². The van der Waals surface area contributed by atoms with Gasteiger partial charge in [-0.3, -0.25) is 0 Å². The quantitative estimate of drug-likeness (QED) is 0.776. The maximum Gasteiger partial charge on any atom is 0.0548 e. The third-order valence-electron chi connectivity index (χ3n) is 2.72. The summed E-state index contributed by atoms with van der Waals surface area (Å²) in [5.74, 6) is 0. The average Bonchev–Trinajstić information content (AvgIpc) is 2.32. The highest BCUT2D eigenvalue weighted by molar-refractivity contribution is 9.10. The molecular formula is C14H12Br2ClN. The van der Waals surface area contributed by atoms with Crippen LogP contribution in [-0.4, -0.2) is 0 Å². The Balaban J connectivity index is 2.16. The molecule has 1 unspecified atom stereocenters. The van der Waals surface area contributed by atoms with Crippen molar-refractivity contribution in [1.82, 2.24) is 0 Å². The summed E-state index contributed by atoms with van der Waals surface area (Å²) in [6, 6.07) is 14.0. The smallest absolute Gasteiger partial charge is 0.0548 e. The van der Waals surface area contributed by atoms with E-state index in [1.54, 1.807) is 0 Å². The Morgan fingerprint density at radius 3 is 2.56 bits per heavy atom. The van der Waals surface area contributed by atoms with Crippen LogP contribution in [-0.2, 0) is 6.42 Å². The molecule has 0 spiro atoms. The molecule has 2 rings (SSSR count). The lowest BCUT2D eigenvalue weighted by Crippen LogP contribution is -2.13. The van der Waals surface area contributed by atoms with Crippen molar-refractivity contribution in [3.05, 3.63) is 67.6 Å². The topological polar surface area (TPSA) is 26.0 Å². The lowest BCUT2D eigenvalue weighted by Gasteiger charge is -2.13. The van der Waals surface area contributed by atoms with Gasteiger partial charge in [0.25, 0.3) is 0 Å². The molecule has 2 aromatic carbocycles. The molecule has 2 N–H and O–H groups in total. The van der Waals surface area contributed by atoms with Gasteiger partial charge >= 0.3 is 0 Å². The summed E-state index contributed by atoms with van der Waals surface area (Å²) >= 11 is 12.9. The van der Waals surface area contributed by atoms with Gasteiger partial charge in [-0.25, -0.2) is 0 Å². The van der Waals surface area contributed by atoms with Crippen LogP contribution in [0.5, 0.6) is 0 Å². The summed E-state index contributed by atoms with van der Waals surface area (Å²) in [7, 11) is 0. The summed E-state index contributed by atoms with van der Waals surface area (Å²) in [5, 5.41) is 0.702. The Morgan fingerprint density at radius 1 is 1.11 bits per heavy atom. The van der Waals surface area contributed by atoms with E-state index < -0.39 is 0 Å². The number of hydrogen-bond acceptors (Lipinski definition) is 1. The molecule has 0 aliphatic rings. The van der Waals surface area contributed by atoms with Crippen LogP contribution in [0.3, 0.4) is 0 Å². The molecule has 0 fully saturated rings. The van der Waals surface area contributed by atoms with Gasteiger partial charge in [0.05, 0.1) is 5.02 Å². The largest absolute Gasteiger partial charge is 0.324 e. The molecule has 0 amide bonds. The molecule has 0 bridgehead atoms. The van der Waals surface area contributed by atoms with E-state index in [4.69, 9.17) is 17.3 Å². The third-order valence-corrected chi connectivity index (χ3v) is 4.42. The minimum atomic E-state index is -0.0344. The highest BCUT2D eigenvalue weighted by Crippen LogP contribution is 2.27. The monoisotopic (exact) mass is 387 g/mol. The fourth-order valence-electron chi connectivity index (χ4n) is 1.78. The molecule has 0 aromatic heterocycles. The molecule has 0 saturated carbocycles. The average molecular weight is 390 g/mol. The van der Waals surface area contributed by atoms with Crippen molar-refractivity contribution < 1.29 is 0 Å². The normalized spacial score (nSPS) is 12.4. The van der Waals surface area contributed by atoms with Crippen molar-refractivity contribution in [1.29, 1.82) is 0 Å². The second kappa shape index (κ2) is 6.20. The van der Waals surface area contributed by atoms with Crippen molar-refractivity contribution in [2.45, 2.75) is 12.5 Å². The third kappa shape index (κ3) is 3.58. The lowest BCUT2D eigenvalue weighted by atomic mass is 10.00. The van der Waals surface area contributed by atoms with Crippen molar-refractivity contribution in [2.24, 2.45) is 5.73 Å². The number of rotatable bonds is 3. The van der Waals surface area contributed by atoms with E-state index in [0.29, 0.717) is 5.02 Å². The van der Waals surface area contributed by atoms with E-state index in [9.17, 15) is 0 Å². The van der Waals surface area contributed by atoms with Crippen LogP contribution in [0.1, 0.15) is 17.2 Å². The van der Waals surface area contributed by atoms with Crippen LogP contribution < -0.4 is 5.73 Å². The molecule has 1 atom stereocenters. The van der Waals surface area contributed by atoms with E-state index in [2.05, 4.69) is 44.0 Å². The van der Waals surface area contributed by atoms with E-state index >= 15 is 0 Å². The zero-order valence-electron chi connectivity index (χ0n) is 9.54. The second-order valence-corrected chi connectivity index (χ2v) is 6.29. The highest BCUT2D eigenvalue weighted by Gasteiger charge is 2.09. The van der Waals surface area contributed by atoms with Crippen molar-refractivity contribution in [3.63, 3.8) is 0 Å². The Labute approximate surface area is 129 Å². The van der Waals surface area contributed by atoms with Gasteiger partial charge in [-0.1, -0.05) is 45.7 Å². The fourth-order valence-corrected chi connectivity index (χ4v) is 2.74. The predicted octanol–water partition coefficient (Wildman–Crippen LogP) is 5.11. The zero-order chi connectivity index (χ0) is 13.1. The van der Waals surface area contributed by atoms with Crippen LogP contribution in [0.2, 0.25) is 5.02 Å². The molecule has 0 radical (unpaired) electrons. The zero-order valence-corrected chi connectivity index (χ0v) is 13.5. The van der Waals surface area contributed by atoms with Crippen LogP contribution >= 0.6 is 43.5 Å². The Kier molecular flexibility index (Phi) is 4.84. The molecule has 0 aliphatic carbocycles. The Bertz CT molecular complexity index is 557. The first-order valence-electron chi connectivity index (χ1n) is 5.51. The number of benzene rings is 2. The van der Waals surface area contributed by atoms with Gasteiger partial charge in [0.1, 0.15) is 0 Å². The molecule has 1 nitrogen and oxygen atoms in total. The van der Waals surface area contributed by atoms with E-state index in [1.165, 1.54) is 5.56 Å². The van der Waals surface area contributed by atoms with Crippen LogP contribution in [0.4, 0.5) is 0 Å². The minimum absolute atomic E-state index is 0.0344. The first-order valence-corrected chi connectivity index (χ1v) is 7.47. The van der Waals surface area contributed by atoms with Gasteiger partial charge in [-0.05, 0) is 57.7 Å². The molecule has 18 heavy (non-hydrogen) atoms. The first-order chi connectivity index (χ1) is 8.56. The highest BCUT2D eigenvalue weighted by atomic mass is 79.9. The van der Waals surface area contributed by atoms with Crippen molar-refractivity contribution in [2.75, 3.05) is 0 Å². The van der Waals surface area contributed by atoms with E-state index in [0.717, 1.165) is 20.9 Å². The van der Waals surface area contributed by atoms with Crippen LogP contribution in [0.25, 0.3) is 0 Å². The summed E-state index contributed by atoms with van der Waals surface area (Å²) in [5.41, 5.74) is 8.50. The van der Waals surface area contributed by atoms with Crippen LogP contribution in [0.15, 0.2) is 51.4 Å². The fraction of sp³-hybridized carbons (Fsp3) is 0.143. The van der Waals surface area contributed by atoms with Crippen LogP contribution in [0, 0.1) is 0 Å². The summed E-state index contributed by atoms with van der Waals surface area (Å²) in [6.07, 6.45) is 0.799. The SMILES string of the molecule is NC(Cc1cccc(Br)c1)c1ccc(Cl)c(Br)c1. The van der Waals surface area contributed by atoms with Gasteiger partial charge in [-0.2, -0.15) is 0 Å². The van der Waals surface area contributed by atoms with Gasteiger partial charge < -0.3 is 5.73 Å². The van der Waals surface area contributed by atoms with Gasteiger partial charge in [0.2, 0.25) is 0 Å². The summed E-state index contributed by atoms with van der Waals surface area (Å²) in [4.78, 5) is 0. The minimum Gasteiger partial charge on any atom is -0.324 e. The first kappa shape index (κ1) is 14.1. The Hall–Kier alpha value is -0.350. The summed E-state index contributed by atoms with van der Waals surface area (Å²) in [6.45, 7) is 0. The summed E-state index contributed by atoms with van der Waals surface area (Å²) < 4.78 is 1.95. The number of hydrogen-bond donors (Lipinski definition) is 1.